The van der Waals surface area contributed by atoms with Crippen molar-refractivity contribution in [3.63, 3.8) is 0 Å². The molecule has 3 N–H and O–H groups in total. The standard InChI is InChI=1S/C17H25N3O4.ClH/c1-17(19-11-16(22)23)7-9-20(13-17)12-15(21)18-8-10-24-14-5-3-2-4-6-14;/h2-6,19H,7-13H2,1H3,(H,18,21)(H,22,23);1H. The van der Waals surface area contributed by atoms with Gasteiger partial charge in [-0.25, -0.2) is 0 Å². The number of nitrogens with one attached hydrogen (secondary N) is 2. The molecule has 1 fully saturated rings. The van der Waals surface area contributed by atoms with Gasteiger partial charge in [0.05, 0.1) is 19.6 Å². The van der Waals surface area contributed by atoms with Crippen molar-refractivity contribution in [1.29, 1.82) is 0 Å². The number of carbonyl (C=O) groups excluding carboxylic acids is 1. The fourth-order valence-electron chi connectivity index (χ4n) is 2.76. The van der Waals surface area contributed by atoms with E-state index in [9.17, 15) is 9.59 Å². The van der Waals surface area contributed by atoms with Gasteiger partial charge in [-0.05, 0) is 25.5 Å². The molecule has 1 aromatic rings. The summed E-state index contributed by atoms with van der Waals surface area (Å²) in [6.07, 6.45) is 0.824. The van der Waals surface area contributed by atoms with Gasteiger partial charge in [0, 0.05) is 18.6 Å². The summed E-state index contributed by atoms with van der Waals surface area (Å²) >= 11 is 0. The largest absolute Gasteiger partial charge is 0.492 e. The molecule has 1 unspecified atom stereocenters. The first-order valence-electron chi connectivity index (χ1n) is 8.11. The molecule has 1 saturated heterocycles. The van der Waals surface area contributed by atoms with Gasteiger partial charge in [-0.3, -0.25) is 14.5 Å². The van der Waals surface area contributed by atoms with Crippen LogP contribution in [0.15, 0.2) is 30.3 Å². The maximum atomic E-state index is 12.0. The van der Waals surface area contributed by atoms with Gasteiger partial charge < -0.3 is 20.5 Å². The highest BCUT2D eigenvalue weighted by atomic mass is 35.5. The van der Waals surface area contributed by atoms with Gasteiger partial charge in [0.1, 0.15) is 12.4 Å². The molecule has 0 aromatic heterocycles. The topological polar surface area (TPSA) is 90.9 Å². The van der Waals surface area contributed by atoms with Crippen LogP contribution in [0.1, 0.15) is 13.3 Å². The number of aliphatic carboxylic acids is 1. The summed E-state index contributed by atoms with van der Waals surface area (Å²) in [5.41, 5.74) is -0.255. The molecule has 1 heterocycles. The first kappa shape index (κ1) is 21.2. The number of para-hydroxylation sites is 1. The monoisotopic (exact) mass is 371 g/mol. The Morgan fingerprint density at radius 1 is 1.32 bits per heavy atom. The lowest BCUT2D eigenvalue weighted by Gasteiger charge is -2.25. The fraction of sp³-hybridized carbons (Fsp3) is 0.529. The SMILES string of the molecule is CC1(NCC(=O)O)CCN(CC(=O)NCCOc2ccccc2)C1.Cl. The predicted molar refractivity (Wildman–Crippen MR) is 97.3 cm³/mol. The zero-order valence-electron chi connectivity index (χ0n) is 14.4. The average Bonchev–Trinajstić information content (AvgIpc) is 2.92. The molecule has 0 aliphatic carbocycles. The van der Waals surface area contributed by atoms with Crippen molar-refractivity contribution >= 4 is 24.3 Å². The molecule has 1 aliphatic heterocycles. The number of ether oxygens (including phenoxy) is 1. The average molecular weight is 372 g/mol. The first-order valence-corrected chi connectivity index (χ1v) is 8.11. The lowest BCUT2D eigenvalue weighted by Crippen LogP contribution is -2.48. The maximum Gasteiger partial charge on any atom is 0.317 e. The zero-order valence-corrected chi connectivity index (χ0v) is 15.2. The van der Waals surface area contributed by atoms with Crippen molar-refractivity contribution < 1.29 is 19.4 Å². The van der Waals surface area contributed by atoms with Crippen LogP contribution >= 0.6 is 12.4 Å². The second kappa shape index (κ2) is 10.2. The van der Waals surface area contributed by atoms with Crippen molar-refractivity contribution in [2.75, 3.05) is 39.3 Å². The summed E-state index contributed by atoms with van der Waals surface area (Å²) in [6.45, 7) is 4.56. The number of hydrogen-bond acceptors (Lipinski definition) is 5. The van der Waals surface area contributed by atoms with Gasteiger partial charge in [-0.1, -0.05) is 18.2 Å². The normalized spacial score (nSPS) is 19.9. The van der Waals surface area contributed by atoms with Crippen molar-refractivity contribution in [3.8, 4) is 5.75 Å². The van der Waals surface area contributed by atoms with Crippen LogP contribution in [-0.4, -0.2) is 66.8 Å². The second-order valence-electron chi connectivity index (χ2n) is 6.28. The Kier molecular flexibility index (Phi) is 8.68. The molecule has 8 heteroatoms. The minimum atomic E-state index is -0.870. The molecule has 25 heavy (non-hydrogen) atoms. The molecule has 7 nitrogen and oxygen atoms in total. The molecule has 1 aromatic carbocycles. The van der Waals surface area contributed by atoms with Crippen LogP contribution in [-0.2, 0) is 9.59 Å². The third-order valence-corrected chi connectivity index (χ3v) is 4.02. The summed E-state index contributed by atoms with van der Waals surface area (Å²) in [5.74, 6) is -0.133. The summed E-state index contributed by atoms with van der Waals surface area (Å²) in [4.78, 5) is 24.6. The van der Waals surface area contributed by atoms with Crippen molar-refractivity contribution in [2.45, 2.75) is 18.9 Å². The molecular weight excluding hydrogens is 346 g/mol. The number of halogens is 1. The third kappa shape index (κ3) is 7.72. The van der Waals surface area contributed by atoms with E-state index in [0.717, 1.165) is 18.7 Å². The Morgan fingerprint density at radius 2 is 2.04 bits per heavy atom. The maximum absolute atomic E-state index is 12.0. The van der Waals surface area contributed by atoms with E-state index in [1.807, 2.05) is 42.2 Å². The lowest BCUT2D eigenvalue weighted by molar-refractivity contribution is -0.136. The molecule has 1 aliphatic rings. The summed E-state index contributed by atoms with van der Waals surface area (Å²) in [7, 11) is 0. The molecule has 0 saturated carbocycles. The van der Waals surface area contributed by atoms with E-state index in [0.29, 0.717) is 26.2 Å². The van der Waals surface area contributed by atoms with Crippen LogP contribution in [0.25, 0.3) is 0 Å². The van der Waals surface area contributed by atoms with Crippen LogP contribution in [0.5, 0.6) is 5.75 Å². The van der Waals surface area contributed by atoms with E-state index in [1.165, 1.54) is 0 Å². The number of carboxylic acids is 1. The highest BCUT2D eigenvalue weighted by Crippen LogP contribution is 2.20. The van der Waals surface area contributed by atoms with Crippen LogP contribution in [0.2, 0.25) is 0 Å². The molecule has 2 rings (SSSR count). The number of amides is 1. The molecular formula is C17H26ClN3O4. The van der Waals surface area contributed by atoms with Gasteiger partial charge in [0.25, 0.3) is 0 Å². The van der Waals surface area contributed by atoms with Gasteiger partial charge in [0.2, 0.25) is 5.91 Å². The number of carbonyl (C=O) groups is 2. The molecule has 140 valence electrons. The Morgan fingerprint density at radius 3 is 2.72 bits per heavy atom. The predicted octanol–water partition coefficient (Wildman–Crippen LogP) is 0.742. The van der Waals surface area contributed by atoms with Crippen LogP contribution in [0.3, 0.4) is 0 Å². The van der Waals surface area contributed by atoms with Gasteiger partial charge in [-0.2, -0.15) is 0 Å². The first-order chi connectivity index (χ1) is 11.5. The minimum absolute atomic E-state index is 0. The molecule has 0 radical (unpaired) electrons. The number of carboxylic acid groups (broad SMARTS) is 1. The van der Waals surface area contributed by atoms with Crippen molar-refractivity contribution in [3.05, 3.63) is 30.3 Å². The highest BCUT2D eigenvalue weighted by molar-refractivity contribution is 5.85. The number of rotatable bonds is 9. The lowest BCUT2D eigenvalue weighted by atomic mass is 10.0. The number of nitrogens with zero attached hydrogens (tertiary/aromatic N) is 1. The summed E-state index contributed by atoms with van der Waals surface area (Å²) in [5, 5.41) is 14.6. The fourth-order valence-corrected chi connectivity index (χ4v) is 2.76. The Bertz CT molecular complexity index is 558. The van der Waals surface area contributed by atoms with Crippen LogP contribution < -0.4 is 15.4 Å². The number of benzene rings is 1. The molecule has 1 amide bonds. The van der Waals surface area contributed by atoms with E-state index in [-0.39, 0.29) is 30.4 Å². The third-order valence-electron chi connectivity index (χ3n) is 4.02. The Labute approximate surface area is 154 Å². The van der Waals surface area contributed by atoms with Gasteiger partial charge in [0.15, 0.2) is 0 Å². The Hall–Kier alpha value is -1.83. The summed E-state index contributed by atoms with van der Waals surface area (Å²) < 4.78 is 5.52. The Balaban J connectivity index is 0.00000312. The molecule has 0 spiro atoms. The minimum Gasteiger partial charge on any atom is -0.492 e. The number of hydrogen-bond donors (Lipinski definition) is 3. The van der Waals surface area contributed by atoms with Crippen molar-refractivity contribution in [2.24, 2.45) is 0 Å². The quantitative estimate of drug-likeness (QED) is 0.555. The van der Waals surface area contributed by atoms with E-state index < -0.39 is 5.97 Å². The summed E-state index contributed by atoms with van der Waals surface area (Å²) in [6, 6.07) is 9.46. The van der Waals surface area contributed by atoms with Crippen molar-refractivity contribution in [1.82, 2.24) is 15.5 Å². The second-order valence-corrected chi connectivity index (χ2v) is 6.28. The van der Waals surface area contributed by atoms with E-state index in [2.05, 4.69) is 10.6 Å². The van der Waals surface area contributed by atoms with Gasteiger partial charge >= 0.3 is 5.97 Å². The van der Waals surface area contributed by atoms with E-state index in [4.69, 9.17) is 9.84 Å². The van der Waals surface area contributed by atoms with Gasteiger partial charge in [-0.15, -0.1) is 12.4 Å². The zero-order chi connectivity index (χ0) is 17.4. The highest BCUT2D eigenvalue weighted by Gasteiger charge is 2.34. The molecule has 0 bridgehead atoms. The van der Waals surface area contributed by atoms with Crippen LogP contribution in [0, 0.1) is 0 Å². The molecule has 1 atom stereocenters. The smallest absolute Gasteiger partial charge is 0.317 e. The van der Waals surface area contributed by atoms with E-state index >= 15 is 0 Å². The van der Waals surface area contributed by atoms with Crippen LogP contribution in [0.4, 0.5) is 0 Å². The van der Waals surface area contributed by atoms with E-state index in [1.54, 1.807) is 0 Å². The number of likely N-dealkylation sites (tertiary alicyclic amines) is 1.